The first-order chi connectivity index (χ1) is 19.4. The number of hydrogen-bond donors (Lipinski definition) is 0. The van der Waals surface area contributed by atoms with Crippen LogP contribution in [-0.4, -0.2) is 26.6 Å². The predicted octanol–water partition coefficient (Wildman–Crippen LogP) is 4.26. The van der Waals surface area contributed by atoms with Crippen molar-refractivity contribution in [2.45, 2.75) is 5.41 Å². The van der Waals surface area contributed by atoms with Crippen LogP contribution in [0.3, 0.4) is 0 Å². The maximum absolute atomic E-state index is 5.15. The third-order valence-electron chi connectivity index (χ3n) is 8.04. The molecule has 6 heteroatoms. The summed E-state index contributed by atoms with van der Waals surface area (Å²) in [5.74, 6) is 0. The fourth-order valence-corrected chi connectivity index (χ4v) is 6.59. The minimum Gasteiger partial charge on any atom is -0.310 e. The van der Waals surface area contributed by atoms with Crippen molar-refractivity contribution >= 4 is 40.2 Å². The van der Waals surface area contributed by atoms with E-state index in [2.05, 4.69) is 93.7 Å². The number of para-hydroxylation sites is 1. The molecule has 1 spiro atoms. The second-order valence-electron chi connectivity index (χ2n) is 9.93. The maximum Gasteiger partial charge on any atom is 0.246 e. The maximum atomic E-state index is 5.15. The molecule has 2 aliphatic heterocycles. The summed E-state index contributed by atoms with van der Waals surface area (Å²) in [6.45, 7) is 0.0108. The van der Waals surface area contributed by atoms with Crippen LogP contribution in [0.4, 0.5) is 17.1 Å². The van der Waals surface area contributed by atoms with E-state index in [9.17, 15) is 0 Å². The van der Waals surface area contributed by atoms with Crippen LogP contribution >= 0.6 is 0 Å². The van der Waals surface area contributed by atoms with E-state index in [1.54, 1.807) is 0 Å². The molecule has 5 nitrogen and oxygen atoms in total. The van der Waals surface area contributed by atoms with E-state index in [0.29, 0.717) is 0 Å². The van der Waals surface area contributed by atoms with Gasteiger partial charge in [0.15, 0.2) is 0 Å². The highest BCUT2D eigenvalue weighted by Crippen LogP contribution is 2.56. The lowest BCUT2D eigenvalue weighted by Gasteiger charge is -2.48. The Hall–Kier alpha value is -5.10. The van der Waals surface area contributed by atoms with Crippen molar-refractivity contribution in [1.29, 1.82) is 0 Å². The molecule has 0 fully saturated rings. The summed E-state index contributed by atoms with van der Waals surface area (Å²) < 4.78 is 0. The minimum atomic E-state index is -0.781. The second kappa shape index (κ2) is 8.46. The van der Waals surface area contributed by atoms with Gasteiger partial charge >= 0.3 is 0 Å². The van der Waals surface area contributed by atoms with Gasteiger partial charge in [-0.3, -0.25) is 19.9 Å². The zero-order chi connectivity index (χ0) is 25.8. The normalized spacial score (nSPS) is 14.3. The van der Waals surface area contributed by atoms with Crippen LogP contribution < -0.4 is 21.3 Å². The van der Waals surface area contributed by atoms with Gasteiger partial charge in [0.2, 0.25) is 6.71 Å². The lowest BCUT2D eigenvalue weighted by Crippen LogP contribution is -2.63. The topological polar surface area (TPSA) is 54.8 Å². The SMILES string of the molecule is c1ccc(B2c3cccnc3C3(c4cnccc4N(c4ccccc4)c4ccncc43)c3ncccc32)cc1. The van der Waals surface area contributed by atoms with Gasteiger partial charge in [-0.25, -0.2) is 0 Å². The summed E-state index contributed by atoms with van der Waals surface area (Å²) in [5, 5.41) is 0. The first-order valence-electron chi connectivity index (χ1n) is 13.1. The van der Waals surface area contributed by atoms with E-state index in [1.807, 2.05) is 55.4 Å². The highest BCUT2D eigenvalue weighted by molar-refractivity contribution is 6.96. The molecule has 0 saturated carbocycles. The molecule has 8 rings (SSSR count). The summed E-state index contributed by atoms with van der Waals surface area (Å²) in [7, 11) is 0. The first kappa shape index (κ1) is 21.9. The fourth-order valence-electron chi connectivity index (χ4n) is 6.59. The summed E-state index contributed by atoms with van der Waals surface area (Å²) in [6.07, 6.45) is 11.5. The van der Waals surface area contributed by atoms with Gasteiger partial charge in [-0.1, -0.05) is 66.1 Å². The van der Waals surface area contributed by atoms with E-state index in [1.165, 1.54) is 16.4 Å². The van der Waals surface area contributed by atoms with E-state index >= 15 is 0 Å². The van der Waals surface area contributed by atoms with Crippen LogP contribution in [0.5, 0.6) is 0 Å². The van der Waals surface area contributed by atoms with Crippen molar-refractivity contribution in [3.8, 4) is 0 Å². The number of benzene rings is 2. The molecular weight excluding hydrogens is 477 g/mol. The molecule has 0 unspecified atom stereocenters. The summed E-state index contributed by atoms with van der Waals surface area (Å²) in [5.41, 5.74) is 10.00. The average Bonchev–Trinajstić information content (AvgIpc) is 3.02. The van der Waals surface area contributed by atoms with Crippen LogP contribution in [0.15, 0.2) is 134 Å². The molecule has 2 aliphatic rings. The van der Waals surface area contributed by atoms with Crippen molar-refractivity contribution in [1.82, 2.24) is 19.9 Å². The molecule has 6 heterocycles. The zero-order valence-electron chi connectivity index (χ0n) is 21.0. The molecule has 0 N–H and O–H groups in total. The molecule has 0 saturated heterocycles. The van der Waals surface area contributed by atoms with Crippen molar-refractivity contribution in [3.05, 3.63) is 157 Å². The van der Waals surface area contributed by atoms with Crippen LogP contribution in [0.1, 0.15) is 22.5 Å². The smallest absolute Gasteiger partial charge is 0.246 e. The Morgan fingerprint density at radius 2 is 1.08 bits per heavy atom. The molecule has 2 aromatic carbocycles. The minimum absolute atomic E-state index is 0.0108. The Morgan fingerprint density at radius 1 is 0.538 bits per heavy atom. The van der Waals surface area contributed by atoms with E-state index in [-0.39, 0.29) is 6.71 Å². The number of pyridine rings is 4. The van der Waals surface area contributed by atoms with Crippen molar-refractivity contribution in [2.75, 3.05) is 4.90 Å². The summed E-state index contributed by atoms with van der Waals surface area (Å²) >= 11 is 0. The average molecular weight is 499 g/mol. The molecule has 0 radical (unpaired) electrons. The first-order valence-corrected chi connectivity index (χ1v) is 13.1. The lowest BCUT2D eigenvalue weighted by atomic mass is 9.31. The van der Waals surface area contributed by atoms with Gasteiger partial charge in [-0.15, -0.1) is 0 Å². The number of nitrogens with zero attached hydrogens (tertiary/aromatic N) is 5. The molecule has 0 aliphatic carbocycles. The zero-order valence-corrected chi connectivity index (χ0v) is 21.0. The summed E-state index contributed by atoms with van der Waals surface area (Å²) in [4.78, 5) is 21.9. The van der Waals surface area contributed by atoms with Crippen molar-refractivity contribution in [2.24, 2.45) is 0 Å². The molecule has 0 atom stereocenters. The third kappa shape index (κ3) is 2.97. The number of hydrogen-bond acceptors (Lipinski definition) is 5. The van der Waals surface area contributed by atoms with Crippen LogP contribution in [-0.2, 0) is 5.41 Å². The molecule has 182 valence electrons. The van der Waals surface area contributed by atoms with Crippen LogP contribution in [0.2, 0.25) is 0 Å². The van der Waals surface area contributed by atoms with Crippen molar-refractivity contribution < 1.29 is 0 Å². The van der Waals surface area contributed by atoms with Crippen LogP contribution in [0.25, 0.3) is 0 Å². The monoisotopic (exact) mass is 499 g/mol. The third-order valence-corrected chi connectivity index (χ3v) is 8.04. The van der Waals surface area contributed by atoms with Gasteiger partial charge in [-0.2, -0.15) is 0 Å². The van der Waals surface area contributed by atoms with Gasteiger partial charge in [0.25, 0.3) is 0 Å². The quantitative estimate of drug-likeness (QED) is 0.333. The Balaban J connectivity index is 1.53. The Labute approximate surface area is 227 Å². The van der Waals surface area contributed by atoms with E-state index < -0.39 is 5.41 Å². The largest absolute Gasteiger partial charge is 0.310 e. The van der Waals surface area contributed by atoms with Gasteiger partial charge < -0.3 is 4.90 Å². The van der Waals surface area contributed by atoms with Gasteiger partial charge in [0.05, 0.1) is 22.8 Å². The number of anilines is 3. The Kier molecular flexibility index (Phi) is 4.76. The number of rotatable bonds is 2. The van der Waals surface area contributed by atoms with E-state index in [4.69, 9.17) is 9.97 Å². The van der Waals surface area contributed by atoms with Crippen molar-refractivity contribution in [3.63, 3.8) is 0 Å². The summed E-state index contributed by atoms with van der Waals surface area (Å²) in [6, 6.07) is 33.8. The Morgan fingerprint density at radius 3 is 1.64 bits per heavy atom. The molecule has 39 heavy (non-hydrogen) atoms. The van der Waals surface area contributed by atoms with Gasteiger partial charge in [0.1, 0.15) is 5.41 Å². The molecule has 0 bridgehead atoms. The van der Waals surface area contributed by atoms with Gasteiger partial charge in [0, 0.05) is 54.0 Å². The standard InChI is InChI=1S/C33H22BN5/c1-3-9-23(10-4-1)34-27-13-7-17-37-31(27)33(32-28(34)14-8-18-38-32)25-21-35-19-15-29(25)39(24-11-5-2-6-12-24)30-16-20-36-22-26(30)33/h1-22H. The molecule has 4 aromatic heterocycles. The molecule has 6 aromatic rings. The fraction of sp³-hybridized carbons (Fsp3) is 0.0303. The number of fused-ring (bicyclic) bond motifs is 8. The Bertz CT molecular complexity index is 1610. The second-order valence-corrected chi connectivity index (χ2v) is 9.93. The predicted molar refractivity (Wildman–Crippen MR) is 155 cm³/mol. The van der Waals surface area contributed by atoms with E-state index in [0.717, 1.165) is 39.6 Å². The molecule has 0 amide bonds. The lowest BCUT2D eigenvalue weighted by molar-refractivity contribution is 0.676. The van der Waals surface area contributed by atoms with Crippen LogP contribution in [0, 0.1) is 0 Å². The highest BCUT2D eigenvalue weighted by atomic mass is 15.2. The highest BCUT2D eigenvalue weighted by Gasteiger charge is 2.55. The number of aromatic nitrogens is 4. The van der Waals surface area contributed by atoms with Gasteiger partial charge in [-0.05, 0) is 47.3 Å². The molecular formula is C33H22BN5.